The number of imide groups is 1. The Morgan fingerprint density at radius 1 is 0.818 bits per heavy atom. The first kappa shape index (κ1) is 56.2. The van der Waals surface area contributed by atoms with Crippen LogP contribution in [0.4, 0.5) is 22.7 Å². The van der Waals surface area contributed by atoms with E-state index in [1.807, 2.05) is 62.4 Å². The van der Waals surface area contributed by atoms with Crippen LogP contribution in [-0.4, -0.2) is 87.5 Å². The van der Waals surface area contributed by atoms with Gasteiger partial charge in [-0.3, -0.25) is 28.8 Å². The Hall–Kier alpha value is -7.00. The molecule has 0 bridgehead atoms. The van der Waals surface area contributed by atoms with Gasteiger partial charge in [0.25, 0.3) is 0 Å². The van der Waals surface area contributed by atoms with Crippen molar-refractivity contribution in [3.8, 4) is 16.2 Å². The highest BCUT2D eigenvalue weighted by atomic mass is 35.5. The number of piperidine rings is 2. The van der Waals surface area contributed by atoms with E-state index < -0.39 is 57.3 Å². The lowest BCUT2D eigenvalue weighted by Gasteiger charge is -2.45. The molecule has 2 atom stereocenters. The Morgan fingerprint density at radius 2 is 1.48 bits per heavy atom. The molecule has 0 spiro atoms. The average Bonchev–Trinajstić information content (AvgIpc) is 3.82. The summed E-state index contributed by atoms with van der Waals surface area (Å²) in [5, 5.41) is 12.3. The van der Waals surface area contributed by atoms with Crippen LogP contribution >= 0.6 is 22.9 Å². The van der Waals surface area contributed by atoms with E-state index in [0.717, 1.165) is 22.6 Å². The number of nitrogens with one attached hydrogen (secondary N) is 4. The quantitative estimate of drug-likeness (QED) is 0.0524. The standard InChI is InChI=1S/C56H64ClN7O11S2/c1-54(2,3)74-46(67)31-73-48-47(57)49(76-50(48)52(69)75-55(4,5)6)35-15-12-18-38(28-35)59-40-23-24-63(56(7,8)30-40)77(71,72)32-34-14-11-17-37(26-34)60-45(66)27-33-13-10-16-36(25-33)58-39-19-20-41-43(29-39)62(9)53(70)64(41)42-21-22-44(65)61-51(42)68/h10-20,25-26,28-29,40,42,58-59H,21-24,27,30-32H2,1-9H3,(H,60,66)(H,61,65,68)/t40-,42?/m0/s1. The normalized spacial score (nSPS) is 17.1. The number of aromatic nitrogens is 2. The first-order chi connectivity index (χ1) is 36.1. The van der Waals surface area contributed by atoms with E-state index in [4.69, 9.17) is 25.8 Å². The zero-order chi connectivity index (χ0) is 55.8. The minimum absolute atomic E-state index is 0.0256. The van der Waals surface area contributed by atoms with Crippen molar-refractivity contribution in [3.63, 3.8) is 0 Å². The number of hydrogen-bond acceptors (Lipinski definition) is 14. The van der Waals surface area contributed by atoms with Gasteiger partial charge in [0.2, 0.25) is 27.7 Å². The Morgan fingerprint density at radius 3 is 2.18 bits per heavy atom. The van der Waals surface area contributed by atoms with Crippen LogP contribution in [0.25, 0.3) is 21.5 Å². The number of amides is 3. The summed E-state index contributed by atoms with van der Waals surface area (Å²) in [6.45, 7) is 14.1. The molecule has 21 heteroatoms. The fraction of sp³-hybridized carbons (Fsp3) is 0.393. The molecule has 0 radical (unpaired) electrons. The molecular formula is C56H64ClN7O11S2. The van der Waals surface area contributed by atoms with Crippen molar-refractivity contribution >= 4 is 96.4 Å². The molecule has 18 nitrogen and oxygen atoms in total. The maximum Gasteiger partial charge on any atom is 0.352 e. The number of imidazole rings is 1. The Balaban J connectivity index is 0.876. The number of carbonyl (C=O) groups is 5. The van der Waals surface area contributed by atoms with Crippen molar-refractivity contribution in [2.45, 2.75) is 122 Å². The van der Waals surface area contributed by atoms with Crippen LogP contribution in [0.5, 0.6) is 5.75 Å². The molecule has 2 aliphatic rings. The van der Waals surface area contributed by atoms with Gasteiger partial charge in [-0.2, -0.15) is 4.31 Å². The molecule has 4 aromatic carbocycles. The molecule has 6 aromatic rings. The zero-order valence-corrected chi connectivity index (χ0v) is 46.9. The van der Waals surface area contributed by atoms with E-state index >= 15 is 0 Å². The summed E-state index contributed by atoms with van der Waals surface area (Å²) in [7, 11) is -2.20. The largest absolute Gasteiger partial charge is 0.479 e. The van der Waals surface area contributed by atoms with Crippen LogP contribution in [0.15, 0.2) is 95.8 Å². The average molecular weight is 1110 g/mol. The number of fused-ring (bicyclic) bond motifs is 1. The number of halogens is 1. The molecule has 2 aromatic heterocycles. The molecule has 1 unspecified atom stereocenters. The van der Waals surface area contributed by atoms with E-state index in [1.165, 1.54) is 9.13 Å². The number of rotatable bonds is 16. The van der Waals surface area contributed by atoms with Crippen LogP contribution in [-0.2, 0) is 57.9 Å². The van der Waals surface area contributed by atoms with E-state index in [0.29, 0.717) is 56.9 Å². The first-order valence-electron chi connectivity index (χ1n) is 25.2. The predicted octanol–water partition coefficient (Wildman–Crippen LogP) is 9.49. The molecule has 77 heavy (non-hydrogen) atoms. The topological polar surface area (TPSA) is 225 Å². The monoisotopic (exact) mass is 1110 g/mol. The van der Waals surface area contributed by atoms with Gasteiger partial charge < -0.3 is 30.2 Å². The number of anilines is 4. The van der Waals surface area contributed by atoms with Crippen molar-refractivity contribution in [1.82, 2.24) is 18.8 Å². The summed E-state index contributed by atoms with van der Waals surface area (Å²) in [5.74, 6) is -2.68. The van der Waals surface area contributed by atoms with E-state index in [1.54, 1.807) is 95.4 Å². The Labute approximate surface area is 456 Å². The van der Waals surface area contributed by atoms with Crippen molar-refractivity contribution in [2.75, 3.05) is 29.1 Å². The summed E-state index contributed by atoms with van der Waals surface area (Å²) < 4.78 is 49.7. The fourth-order valence-corrected chi connectivity index (χ4v) is 13.1. The summed E-state index contributed by atoms with van der Waals surface area (Å²) in [5.41, 5.74) is 2.98. The second-order valence-electron chi connectivity index (χ2n) is 22.0. The lowest BCUT2D eigenvalue weighted by Crippen LogP contribution is -2.55. The van der Waals surface area contributed by atoms with Crippen molar-refractivity contribution in [1.29, 1.82) is 0 Å². The number of aryl methyl sites for hydroxylation is 1. The van der Waals surface area contributed by atoms with Crippen LogP contribution in [0.3, 0.4) is 0 Å². The van der Waals surface area contributed by atoms with Gasteiger partial charge in [-0.05, 0) is 146 Å². The van der Waals surface area contributed by atoms with Gasteiger partial charge in [-0.1, -0.05) is 48.0 Å². The van der Waals surface area contributed by atoms with Gasteiger partial charge in [0.1, 0.15) is 22.3 Å². The number of sulfonamides is 1. The highest BCUT2D eigenvalue weighted by Crippen LogP contribution is 2.47. The van der Waals surface area contributed by atoms with Gasteiger partial charge in [0.15, 0.2) is 17.2 Å². The van der Waals surface area contributed by atoms with Crippen molar-refractivity contribution in [3.05, 3.63) is 123 Å². The molecule has 3 amide bonds. The maximum atomic E-state index is 14.2. The molecule has 4 N–H and O–H groups in total. The fourth-order valence-electron chi connectivity index (χ4n) is 9.69. The third-order valence-electron chi connectivity index (χ3n) is 12.8. The first-order valence-corrected chi connectivity index (χ1v) is 28.0. The number of carbonyl (C=O) groups excluding carboxylic acids is 5. The molecule has 8 rings (SSSR count). The zero-order valence-electron chi connectivity index (χ0n) is 44.5. The smallest absolute Gasteiger partial charge is 0.352 e. The molecule has 2 saturated heterocycles. The van der Waals surface area contributed by atoms with E-state index in [9.17, 15) is 37.2 Å². The Bertz CT molecular complexity index is 3460. The van der Waals surface area contributed by atoms with Gasteiger partial charge >= 0.3 is 17.6 Å². The maximum absolute atomic E-state index is 14.2. The number of ether oxygens (including phenoxy) is 3. The van der Waals surface area contributed by atoms with Crippen molar-refractivity contribution < 1.29 is 46.6 Å². The molecule has 408 valence electrons. The van der Waals surface area contributed by atoms with Gasteiger partial charge in [0.05, 0.1) is 28.1 Å². The van der Waals surface area contributed by atoms with Crippen LogP contribution in [0.1, 0.15) is 108 Å². The lowest BCUT2D eigenvalue weighted by molar-refractivity contribution is -0.157. The number of esters is 2. The third-order valence-corrected chi connectivity index (χ3v) is 16.6. The number of hydrogen-bond donors (Lipinski definition) is 4. The minimum atomic E-state index is -3.83. The van der Waals surface area contributed by atoms with Crippen LogP contribution < -0.4 is 31.7 Å². The SMILES string of the molecule is Cn1c(=O)n(C2CCC(=O)NC2=O)c2ccc(Nc3cccc(CC(=O)Nc4cccc(CS(=O)(=O)N5CC[C@H](Nc6cccc(-c7sc(C(=O)OC(C)(C)C)c(OCC(=O)OC(C)(C)C)c7Cl)c6)CC5(C)C)c4)c3)cc21. The van der Waals surface area contributed by atoms with E-state index in [-0.39, 0.29) is 70.8 Å². The number of thiophene rings is 1. The molecular weight excluding hydrogens is 1050 g/mol. The molecule has 2 aliphatic heterocycles. The summed E-state index contributed by atoms with van der Waals surface area (Å²) >= 11 is 8.01. The van der Waals surface area contributed by atoms with Gasteiger partial charge in [0, 0.05) is 54.3 Å². The number of nitrogens with zero attached hydrogens (tertiary/aromatic N) is 3. The molecule has 0 saturated carbocycles. The number of benzene rings is 4. The molecule has 2 fully saturated rings. The summed E-state index contributed by atoms with van der Waals surface area (Å²) in [4.78, 5) is 77.7. The Kier molecular flexibility index (Phi) is 16.2. The minimum Gasteiger partial charge on any atom is -0.479 e. The lowest BCUT2D eigenvalue weighted by atomic mass is 9.89. The van der Waals surface area contributed by atoms with Crippen LogP contribution in [0, 0.1) is 0 Å². The predicted molar refractivity (Wildman–Crippen MR) is 298 cm³/mol. The molecule has 0 aliphatic carbocycles. The summed E-state index contributed by atoms with van der Waals surface area (Å²) in [6.07, 6.45) is 1.42. The van der Waals surface area contributed by atoms with Crippen LogP contribution in [0.2, 0.25) is 5.02 Å². The van der Waals surface area contributed by atoms with Gasteiger partial charge in [-0.15, -0.1) is 11.3 Å². The highest BCUT2D eigenvalue weighted by Gasteiger charge is 2.42. The van der Waals surface area contributed by atoms with E-state index in [2.05, 4.69) is 21.3 Å². The third kappa shape index (κ3) is 13.6. The van der Waals surface area contributed by atoms with Gasteiger partial charge in [-0.25, -0.2) is 22.8 Å². The molecule has 4 heterocycles. The second kappa shape index (κ2) is 22.2. The second-order valence-corrected chi connectivity index (χ2v) is 25.3. The van der Waals surface area contributed by atoms with Crippen molar-refractivity contribution in [2.24, 2.45) is 7.05 Å². The summed E-state index contributed by atoms with van der Waals surface area (Å²) in [6, 6.07) is 26.1. The highest BCUT2D eigenvalue weighted by molar-refractivity contribution is 7.88.